The van der Waals surface area contributed by atoms with Crippen LogP contribution < -0.4 is 5.73 Å². The zero-order chi connectivity index (χ0) is 12.4. The van der Waals surface area contributed by atoms with Gasteiger partial charge in [-0.25, -0.2) is 0 Å². The molecular weight excluding hydrogens is 220 g/mol. The van der Waals surface area contributed by atoms with E-state index >= 15 is 0 Å². The van der Waals surface area contributed by atoms with Crippen molar-refractivity contribution in [2.75, 3.05) is 19.6 Å². The number of hydrogen-bond donors (Lipinski definition) is 1. The Kier molecular flexibility index (Phi) is 3.95. The maximum atomic E-state index is 6.09. The SMILES string of the molecule is NCC(C1CCCCC1)N1CC2(CCCCC2)C1. The van der Waals surface area contributed by atoms with Crippen LogP contribution >= 0.6 is 0 Å². The molecule has 18 heavy (non-hydrogen) atoms. The van der Waals surface area contributed by atoms with Crippen molar-refractivity contribution in [3.8, 4) is 0 Å². The Morgan fingerprint density at radius 1 is 0.944 bits per heavy atom. The largest absolute Gasteiger partial charge is 0.329 e. The molecule has 0 radical (unpaired) electrons. The van der Waals surface area contributed by atoms with Crippen molar-refractivity contribution in [3.05, 3.63) is 0 Å². The van der Waals surface area contributed by atoms with E-state index in [1.54, 1.807) is 0 Å². The van der Waals surface area contributed by atoms with Crippen molar-refractivity contribution in [3.63, 3.8) is 0 Å². The molecule has 1 spiro atoms. The molecule has 1 unspecified atom stereocenters. The van der Waals surface area contributed by atoms with Gasteiger partial charge < -0.3 is 5.73 Å². The number of likely N-dealkylation sites (tertiary alicyclic amines) is 1. The standard InChI is InChI=1S/C16H30N2/c17-11-15(14-7-3-1-4-8-14)18-12-16(13-18)9-5-2-6-10-16/h14-15H,1-13,17H2. The molecule has 1 aliphatic heterocycles. The minimum Gasteiger partial charge on any atom is -0.329 e. The van der Waals surface area contributed by atoms with E-state index in [0.29, 0.717) is 6.04 Å². The number of nitrogens with zero attached hydrogens (tertiary/aromatic N) is 1. The van der Waals surface area contributed by atoms with E-state index in [4.69, 9.17) is 5.73 Å². The maximum Gasteiger partial charge on any atom is 0.0247 e. The summed E-state index contributed by atoms with van der Waals surface area (Å²) in [6, 6.07) is 0.706. The molecule has 2 nitrogen and oxygen atoms in total. The molecule has 2 N–H and O–H groups in total. The predicted molar refractivity (Wildman–Crippen MR) is 76.5 cm³/mol. The molecule has 1 atom stereocenters. The second-order valence-corrected chi connectivity index (χ2v) is 7.17. The first-order valence-corrected chi connectivity index (χ1v) is 8.27. The fourth-order valence-corrected chi connectivity index (χ4v) is 4.83. The number of nitrogens with two attached hydrogens (primary N) is 1. The summed E-state index contributed by atoms with van der Waals surface area (Å²) < 4.78 is 0. The molecule has 0 aromatic heterocycles. The van der Waals surface area contributed by atoms with Gasteiger partial charge in [-0.15, -0.1) is 0 Å². The summed E-state index contributed by atoms with van der Waals surface area (Å²) in [6.07, 6.45) is 14.6. The monoisotopic (exact) mass is 250 g/mol. The minimum absolute atomic E-state index is 0.706. The lowest BCUT2D eigenvalue weighted by Gasteiger charge is -2.56. The molecule has 1 heterocycles. The Morgan fingerprint density at radius 3 is 2.17 bits per heavy atom. The van der Waals surface area contributed by atoms with E-state index in [9.17, 15) is 0 Å². The van der Waals surface area contributed by atoms with Crippen molar-refractivity contribution in [1.29, 1.82) is 0 Å². The molecule has 3 rings (SSSR count). The highest BCUT2D eigenvalue weighted by molar-refractivity contribution is 5.00. The molecule has 1 saturated heterocycles. The highest BCUT2D eigenvalue weighted by atomic mass is 15.2. The molecular formula is C16H30N2. The maximum absolute atomic E-state index is 6.09. The smallest absolute Gasteiger partial charge is 0.0247 e. The molecule has 3 fully saturated rings. The van der Waals surface area contributed by atoms with Crippen LogP contribution in [0.25, 0.3) is 0 Å². The normalized spacial score (nSPS) is 31.2. The van der Waals surface area contributed by atoms with Gasteiger partial charge in [-0.3, -0.25) is 4.90 Å². The second-order valence-electron chi connectivity index (χ2n) is 7.17. The van der Waals surface area contributed by atoms with E-state index < -0.39 is 0 Å². The van der Waals surface area contributed by atoms with Crippen LogP contribution in [0.1, 0.15) is 64.2 Å². The van der Waals surface area contributed by atoms with Crippen LogP contribution in [-0.4, -0.2) is 30.6 Å². The molecule has 2 aliphatic carbocycles. The Labute approximate surface area is 112 Å². The summed E-state index contributed by atoms with van der Waals surface area (Å²) in [5.74, 6) is 0.907. The van der Waals surface area contributed by atoms with Crippen molar-refractivity contribution in [2.24, 2.45) is 17.1 Å². The Bertz CT molecular complexity index is 256. The van der Waals surface area contributed by atoms with Crippen LogP contribution in [0.2, 0.25) is 0 Å². The quantitative estimate of drug-likeness (QED) is 0.833. The van der Waals surface area contributed by atoms with Crippen LogP contribution in [0.3, 0.4) is 0 Å². The molecule has 2 saturated carbocycles. The Hall–Kier alpha value is -0.0800. The fraction of sp³-hybridized carbons (Fsp3) is 1.00. The van der Waals surface area contributed by atoms with Gasteiger partial charge in [0.2, 0.25) is 0 Å². The van der Waals surface area contributed by atoms with E-state index in [0.717, 1.165) is 17.9 Å². The zero-order valence-electron chi connectivity index (χ0n) is 11.9. The van der Waals surface area contributed by atoms with Gasteiger partial charge in [0, 0.05) is 25.7 Å². The van der Waals surface area contributed by atoms with Gasteiger partial charge in [0.25, 0.3) is 0 Å². The highest BCUT2D eigenvalue weighted by Crippen LogP contribution is 2.46. The second kappa shape index (κ2) is 5.50. The third-order valence-corrected chi connectivity index (χ3v) is 5.90. The van der Waals surface area contributed by atoms with Crippen LogP contribution in [0, 0.1) is 11.3 Å². The third kappa shape index (κ3) is 2.46. The summed E-state index contributed by atoms with van der Waals surface area (Å²) in [6.45, 7) is 3.62. The summed E-state index contributed by atoms with van der Waals surface area (Å²) in [5, 5.41) is 0. The summed E-state index contributed by atoms with van der Waals surface area (Å²) in [5.41, 5.74) is 6.81. The van der Waals surface area contributed by atoms with Crippen LogP contribution in [0.15, 0.2) is 0 Å². The topological polar surface area (TPSA) is 29.3 Å². The van der Waals surface area contributed by atoms with E-state index in [2.05, 4.69) is 4.90 Å². The molecule has 2 heteroatoms. The van der Waals surface area contributed by atoms with E-state index in [-0.39, 0.29) is 0 Å². The number of hydrogen-bond acceptors (Lipinski definition) is 2. The highest BCUT2D eigenvalue weighted by Gasteiger charge is 2.46. The van der Waals surface area contributed by atoms with Gasteiger partial charge in [-0.2, -0.15) is 0 Å². The Balaban J connectivity index is 1.54. The first kappa shape index (κ1) is 12.9. The molecule has 0 aromatic carbocycles. The molecule has 0 amide bonds. The first-order valence-electron chi connectivity index (χ1n) is 8.27. The molecule has 0 bridgehead atoms. The number of rotatable bonds is 3. The average molecular weight is 250 g/mol. The summed E-state index contributed by atoms with van der Waals surface area (Å²) in [7, 11) is 0. The van der Waals surface area contributed by atoms with Crippen molar-refractivity contribution >= 4 is 0 Å². The third-order valence-electron chi connectivity index (χ3n) is 5.90. The van der Waals surface area contributed by atoms with Crippen molar-refractivity contribution in [2.45, 2.75) is 70.3 Å². The Morgan fingerprint density at radius 2 is 1.56 bits per heavy atom. The van der Waals surface area contributed by atoms with E-state index in [1.165, 1.54) is 77.3 Å². The first-order chi connectivity index (χ1) is 8.83. The lowest BCUT2D eigenvalue weighted by atomic mass is 9.67. The van der Waals surface area contributed by atoms with Gasteiger partial charge in [0.1, 0.15) is 0 Å². The lowest BCUT2D eigenvalue weighted by molar-refractivity contribution is -0.0700. The van der Waals surface area contributed by atoms with Crippen molar-refractivity contribution in [1.82, 2.24) is 4.90 Å². The zero-order valence-corrected chi connectivity index (χ0v) is 11.9. The van der Waals surface area contributed by atoms with Gasteiger partial charge >= 0.3 is 0 Å². The van der Waals surface area contributed by atoms with E-state index in [1.807, 2.05) is 0 Å². The molecule has 3 aliphatic rings. The van der Waals surface area contributed by atoms with Crippen LogP contribution in [0.5, 0.6) is 0 Å². The lowest BCUT2D eigenvalue weighted by Crippen LogP contribution is -2.63. The van der Waals surface area contributed by atoms with Gasteiger partial charge in [-0.05, 0) is 37.0 Å². The minimum atomic E-state index is 0.706. The molecule has 0 aromatic rings. The van der Waals surface area contributed by atoms with Crippen LogP contribution in [-0.2, 0) is 0 Å². The van der Waals surface area contributed by atoms with Gasteiger partial charge in [0.05, 0.1) is 0 Å². The summed E-state index contributed by atoms with van der Waals surface area (Å²) >= 11 is 0. The van der Waals surface area contributed by atoms with Gasteiger partial charge in [0.15, 0.2) is 0 Å². The fourth-order valence-electron chi connectivity index (χ4n) is 4.83. The average Bonchev–Trinajstić information content (AvgIpc) is 2.40. The van der Waals surface area contributed by atoms with Crippen molar-refractivity contribution < 1.29 is 0 Å². The summed E-state index contributed by atoms with van der Waals surface area (Å²) in [4.78, 5) is 2.74. The molecule has 104 valence electrons. The van der Waals surface area contributed by atoms with Gasteiger partial charge in [-0.1, -0.05) is 38.5 Å². The predicted octanol–water partition coefficient (Wildman–Crippen LogP) is 3.16. The van der Waals surface area contributed by atoms with Crippen LogP contribution in [0.4, 0.5) is 0 Å².